The molecule has 0 saturated heterocycles. The standard InChI is InChI=1S/C13H19NO4/c1-2-18-13(17)12(16)11(15)10-6-4-3-5-9(10)7-8-14/h3-6,11-12,15-16H,2,7-8,14H2,1H3. The van der Waals surface area contributed by atoms with E-state index in [2.05, 4.69) is 4.74 Å². The number of rotatable bonds is 6. The molecule has 0 heterocycles. The molecule has 1 aromatic carbocycles. The SMILES string of the molecule is CCOC(=O)C(O)C(O)c1ccccc1CCN. The van der Waals surface area contributed by atoms with Crippen LogP contribution in [0.3, 0.4) is 0 Å². The molecule has 1 aromatic rings. The minimum absolute atomic E-state index is 0.160. The fraction of sp³-hybridized carbons (Fsp3) is 0.462. The maximum atomic E-state index is 11.4. The molecule has 5 heteroatoms. The molecule has 0 fully saturated rings. The lowest BCUT2D eigenvalue weighted by Crippen LogP contribution is -2.30. The highest BCUT2D eigenvalue weighted by atomic mass is 16.5. The number of carbonyl (C=O) groups is 1. The van der Waals surface area contributed by atoms with Crippen molar-refractivity contribution in [3.05, 3.63) is 35.4 Å². The summed E-state index contributed by atoms with van der Waals surface area (Å²) in [7, 11) is 0. The molecular weight excluding hydrogens is 234 g/mol. The Morgan fingerprint density at radius 3 is 2.67 bits per heavy atom. The first kappa shape index (κ1) is 14.6. The zero-order chi connectivity index (χ0) is 13.5. The van der Waals surface area contributed by atoms with Crippen LogP contribution in [0.15, 0.2) is 24.3 Å². The average Bonchev–Trinajstić information content (AvgIpc) is 2.38. The van der Waals surface area contributed by atoms with Crippen LogP contribution >= 0.6 is 0 Å². The summed E-state index contributed by atoms with van der Waals surface area (Å²) in [5.74, 6) is -0.826. The fourth-order valence-corrected chi connectivity index (χ4v) is 1.73. The van der Waals surface area contributed by atoms with Crippen molar-refractivity contribution in [2.75, 3.05) is 13.2 Å². The van der Waals surface area contributed by atoms with Crippen LogP contribution in [-0.2, 0) is 16.0 Å². The maximum absolute atomic E-state index is 11.4. The predicted molar refractivity (Wildman–Crippen MR) is 66.8 cm³/mol. The molecule has 0 aliphatic heterocycles. The molecule has 0 radical (unpaired) electrons. The summed E-state index contributed by atoms with van der Waals surface area (Å²) in [6.45, 7) is 2.23. The molecule has 0 spiro atoms. The topological polar surface area (TPSA) is 92.8 Å². The van der Waals surface area contributed by atoms with Crippen LogP contribution in [0.5, 0.6) is 0 Å². The molecule has 0 amide bonds. The predicted octanol–water partition coefficient (Wildman–Crippen LogP) is 0.145. The van der Waals surface area contributed by atoms with E-state index in [1.807, 2.05) is 12.1 Å². The number of ether oxygens (including phenoxy) is 1. The quantitative estimate of drug-likeness (QED) is 0.627. The van der Waals surface area contributed by atoms with Gasteiger partial charge in [-0.1, -0.05) is 24.3 Å². The normalized spacial score (nSPS) is 14.0. The number of esters is 1. The zero-order valence-electron chi connectivity index (χ0n) is 10.4. The summed E-state index contributed by atoms with van der Waals surface area (Å²) >= 11 is 0. The van der Waals surface area contributed by atoms with Crippen molar-refractivity contribution in [3.63, 3.8) is 0 Å². The Morgan fingerprint density at radius 2 is 2.06 bits per heavy atom. The van der Waals surface area contributed by atoms with Crippen molar-refractivity contribution in [3.8, 4) is 0 Å². The van der Waals surface area contributed by atoms with Crippen molar-refractivity contribution < 1.29 is 19.7 Å². The second-order valence-electron chi connectivity index (χ2n) is 3.88. The summed E-state index contributed by atoms with van der Waals surface area (Å²) in [5, 5.41) is 19.7. The minimum Gasteiger partial charge on any atom is -0.464 e. The van der Waals surface area contributed by atoms with Crippen molar-refractivity contribution in [1.82, 2.24) is 0 Å². The molecule has 18 heavy (non-hydrogen) atoms. The highest BCUT2D eigenvalue weighted by Crippen LogP contribution is 2.22. The van der Waals surface area contributed by atoms with E-state index < -0.39 is 18.2 Å². The van der Waals surface area contributed by atoms with Crippen LogP contribution in [0.1, 0.15) is 24.2 Å². The Balaban J connectivity index is 2.88. The zero-order valence-corrected chi connectivity index (χ0v) is 10.4. The van der Waals surface area contributed by atoms with Gasteiger partial charge in [-0.25, -0.2) is 4.79 Å². The van der Waals surface area contributed by atoms with Gasteiger partial charge < -0.3 is 20.7 Å². The van der Waals surface area contributed by atoms with E-state index in [9.17, 15) is 15.0 Å². The third-order valence-corrected chi connectivity index (χ3v) is 2.61. The summed E-state index contributed by atoms with van der Waals surface area (Å²) in [6.07, 6.45) is -2.31. The maximum Gasteiger partial charge on any atom is 0.338 e. The van der Waals surface area contributed by atoms with Gasteiger partial charge in [-0.15, -0.1) is 0 Å². The molecule has 0 aromatic heterocycles. The van der Waals surface area contributed by atoms with Gasteiger partial charge in [0.1, 0.15) is 6.10 Å². The molecule has 5 nitrogen and oxygen atoms in total. The lowest BCUT2D eigenvalue weighted by molar-refractivity contribution is -0.159. The molecule has 2 unspecified atom stereocenters. The highest BCUT2D eigenvalue weighted by molar-refractivity contribution is 5.75. The van der Waals surface area contributed by atoms with Crippen molar-refractivity contribution in [1.29, 1.82) is 0 Å². The molecule has 4 N–H and O–H groups in total. The smallest absolute Gasteiger partial charge is 0.338 e. The average molecular weight is 253 g/mol. The lowest BCUT2D eigenvalue weighted by Gasteiger charge is -2.19. The Hall–Kier alpha value is -1.43. The van der Waals surface area contributed by atoms with Crippen LogP contribution in [-0.4, -0.2) is 35.4 Å². The summed E-state index contributed by atoms with van der Waals surface area (Å²) in [5.41, 5.74) is 6.80. The van der Waals surface area contributed by atoms with Crippen LogP contribution in [0, 0.1) is 0 Å². The van der Waals surface area contributed by atoms with Crippen LogP contribution in [0.25, 0.3) is 0 Å². The molecule has 0 bridgehead atoms. The van der Waals surface area contributed by atoms with E-state index in [4.69, 9.17) is 5.73 Å². The molecule has 0 saturated carbocycles. The van der Waals surface area contributed by atoms with Crippen molar-refractivity contribution in [2.45, 2.75) is 25.6 Å². The van der Waals surface area contributed by atoms with Crippen LogP contribution < -0.4 is 5.73 Å². The van der Waals surface area contributed by atoms with Gasteiger partial charge in [0.2, 0.25) is 0 Å². The summed E-state index contributed by atoms with van der Waals surface area (Å²) in [6, 6.07) is 7.02. The van der Waals surface area contributed by atoms with Gasteiger partial charge in [-0.05, 0) is 31.0 Å². The number of hydrogen-bond acceptors (Lipinski definition) is 5. The lowest BCUT2D eigenvalue weighted by atomic mass is 9.97. The van der Waals surface area contributed by atoms with E-state index in [0.717, 1.165) is 5.56 Å². The summed E-state index contributed by atoms with van der Waals surface area (Å²) in [4.78, 5) is 11.4. The minimum atomic E-state index is -1.58. The van der Waals surface area contributed by atoms with E-state index in [-0.39, 0.29) is 6.61 Å². The molecule has 0 aliphatic carbocycles. The van der Waals surface area contributed by atoms with E-state index >= 15 is 0 Å². The number of nitrogens with two attached hydrogens (primary N) is 1. The van der Waals surface area contributed by atoms with Gasteiger partial charge in [0.25, 0.3) is 0 Å². The Bertz CT molecular complexity index is 394. The number of hydrogen-bond donors (Lipinski definition) is 3. The second kappa shape index (κ2) is 7.10. The first-order valence-electron chi connectivity index (χ1n) is 5.92. The van der Waals surface area contributed by atoms with Gasteiger partial charge in [0.15, 0.2) is 6.10 Å². The van der Waals surface area contributed by atoms with E-state index in [1.54, 1.807) is 19.1 Å². The number of benzene rings is 1. The van der Waals surface area contributed by atoms with E-state index in [0.29, 0.717) is 18.5 Å². The first-order valence-corrected chi connectivity index (χ1v) is 5.92. The highest BCUT2D eigenvalue weighted by Gasteiger charge is 2.28. The number of aliphatic hydroxyl groups is 2. The van der Waals surface area contributed by atoms with Crippen LogP contribution in [0.4, 0.5) is 0 Å². The largest absolute Gasteiger partial charge is 0.464 e. The molecule has 1 rings (SSSR count). The Morgan fingerprint density at radius 1 is 1.39 bits per heavy atom. The first-order chi connectivity index (χ1) is 8.61. The molecule has 100 valence electrons. The van der Waals surface area contributed by atoms with Gasteiger partial charge in [0.05, 0.1) is 6.61 Å². The van der Waals surface area contributed by atoms with Crippen molar-refractivity contribution in [2.24, 2.45) is 5.73 Å². The number of aliphatic hydroxyl groups excluding tert-OH is 2. The van der Waals surface area contributed by atoms with Crippen LogP contribution in [0.2, 0.25) is 0 Å². The second-order valence-corrected chi connectivity index (χ2v) is 3.88. The van der Waals surface area contributed by atoms with E-state index in [1.165, 1.54) is 0 Å². The van der Waals surface area contributed by atoms with Crippen molar-refractivity contribution >= 4 is 5.97 Å². The Labute approximate surface area is 106 Å². The fourth-order valence-electron chi connectivity index (χ4n) is 1.73. The van der Waals surface area contributed by atoms with Gasteiger partial charge in [0, 0.05) is 0 Å². The molecule has 2 atom stereocenters. The molecular formula is C13H19NO4. The third kappa shape index (κ3) is 3.53. The Kier molecular flexibility index (Phi) is 5.77. The third-order valence-electron chi connectivity index (χ3n) is 2.61. The molecule has 0 aliphatic rings. The number of carbonyl (C=O) groups excluding carboxylic acids is 1. The van der Waals surface area contributed by atoms with Gasteiger partial charge in [-0.3, -0.25) is 0 Å². The van der Waals surface area contributed by atoms with Gasteiger partial charge in [-0.2, -0.15) is 0 Å². The van der Waals surface area contributed by atoms with Gasteiger partial charge >= 0.3 is 5.97 Å². The summed E-state index contributed by atoms with van der Waals surface area (Å²) < 4.78 is 4.67. The monoisotopic (exact) mass is 253 g/mol.